The molecule has 0 saturated heterocycles. The van der Waals surface area contributed by atoms with Crippen LogP contribution in [0.3, 0.4) is 0 Å². The van der Waals surface area contributed by atoms with Crippen LogP contribution >= 0.6 is 31.9 Å². The van der Waals surface area contributed by atoms with Crippen molar-refractivity contribution in [2.24, 2.45) is 0 Å². The summed E-state index contributed by atoms with van der Waals surface area (Å²) in [5.41, 5.74) is 6.25. The average molecular weight is 401 g/mol. The van der Waals surface area contributed by atoms with Crippen molar-refractivity contribution in [3.63, 3.8) is 0 Å². The lowest BCUT2D eigenvalue weighted by Gasteiger charge is -2.11. The van der Waals surface area contributed by atoms with Crippen molar-refractivity contribution < 1.29 is 13.2 Å². The molecule has 0 unspecified atom stereocenters. The monoisotopic (exact) mass is 399 g/mol. The van der Waals surface area contributed by atoms with Gasteiger partial charge in [-0.25, -0.2) is 8.42 Å². The van der Waals surface area contributed by atoms with Crippen LogP contribution in [-0.2, 0) is 9.84 Å². The maximum Gasteiger partial charge on any atom is 0.153 e. The summed E-state index contributed by atoms with van der Waals surface area (Å²) < 4.78 is 29.9. The Balaban J connectivity index is 2.65. The fourth-order valence-electron chi connectivity index (χ4n) is 1.40. The molecule has 1 rings (SSSR count). The molecule has 102 valence electrons. The van der Waals surface area contributed by atoms with Gasteiger partial charge in [-0.15, -0.1) is 0 Å². The topological polar surface area (TPSA) is 69.4 Å². The number of hydrogen-bond donors (Lipinski definition) is 1. The highest BCUT2D eigenvalue weighted by atomic mass is 79.9. The molecule has 0 aliphatic rings. The first-order chi connectivity index (χ1) is 8.35. The summed E-state index contributed by atoms with van der Waals surface area (Å²) in [6, 6.07) is 3.42. The van der Waals surface area contributed by atoms with Gasteiger partial charge < -0.3 is 10.5 Å². The van der Waals surface area contributed by atoms with E-state index < -0.39 is 9.84 Å². The Labute approximate surface area is 124 Å². The van der Waals surface area contributed by atoms with Crippen LogP contribution < -0.4 is 10.5 Å². The van der Waals surface area contributed by atoms with Crippen LogP contribution in [0, 0.1) is 0 Å². The Morgan fingerprint density at radius 1 is 1.22 bits per heavy atom. The van der Waals surface area contributed by atoms with E-state index in [2.05, 4.69) is 31.9 Å². The molecule has 0 atom stereocenters. The zero-order valence-electron chi connectivity index (χ0n) is 9.95. The second-order valence-electron chi connectivity index (χ2n) is 3.81. The molecule has 0 fully saturated rings. The van der Waals surface area contributed by atoms with Gasteiger partial charge in [0, 0.05) is 5.69 Å². The number of sulfone groups is 1. The number of halogens is 2. The molecule has 1 aromatic carbocycles. The molecule has 0 aliphatic carbocycles. The van der Waals surface area contributed by atoms with Crippen LogP contribution in [0.2, 0.25) is 0 Å². The molecule has 0 heterocycles. The third-order valence-corrected chi connectivity index (χ3v) is 5.17. The van der Waals surface area contributed by atoms with Crippen LogP contribution in [0.4, 0.5) is 5.69 Å². The first-order valence-electron chi connectivity index (χ1n) is 5.43. The Kier molecular flexibility index (Phi) is 5.94. The molecule has 0 saturated carbocycles. The standard InChI is InChI=1S/C11H15Br2NO3S/c1-2-4-18(15,16)5-3-17-11-9(12)6-8(14)7-10(11)13/h6-7H,2-5,14H2,1H3. The summed E-state index contributed by atoms with van der Waals surface area (Å²) in [6.07, 6.45) is 0.623. The van der Waals surface area contributed by atoms with Gasteiger partial charge in [0.05, 0.1) is 20.5 Å². The summed E-state index contributed by atoms with van der Waals surface area (Å²) in [5.74, 6) is 0.778. The summed E-state index contributed by atoms with van der Waals surface area (Å²) in [7, 11) is -3.02. The van der Waals surface area contributed by atoms with Crippen LogP contribution in [0.1, 0.15) is 13.3 Å². The SMILES string of the molecule is CCCS(=O)(=O)CCOc1c(Br)cc(N)cc1Br. The Morgan fingerprint density at radius 2 is 1.78 bits per heavy atom. The highest BCUT2D eigenvalue weighted by molar-refractivity contribution is 9.11. The molecule has 1 aromatic rings. The Hall–Kier alpha value is -0.270. The van der Waals surface area contributed by atoms with Crippen LogP contribution in [0.25, 0.3) is 0 Å². The smallest absolute Gasteiger partial charge is 0.153 e. The Morgan fingerprint density at radius 3 is 2.28 bits per heavy atom. The average Bonchev–Trinajstić information content (AvgIpc) is 2.21. The lowest BCUT2D eigenvalue weighted by Crippen LogP contribution is -2.17. The fraction of sp³-hybridized carbons (Fsp3) is 0.455. The van der Waals surface area contributed by atoms with E-state index in [0.717, 1.165) is 0 Å². The van der Waals surface area contributed by atoms with Gasteiger partial charge in [0.1, 0.15) is 12.4 Å². The van der Waals surface area contributed by atoms with Crippen molar-refractivity contribution >= 4 is 47.4 Å². The maximum absolute atomic E-state index is 11.5. The van der Waals surface area contributed by atoms with Gasteiger partial charge in [-0.1, -0.05) is 6.92 Å². The summed E-state index contributed by atoms with van der Waals surface area (Å²) in [6.45, 7) is 1.97. The van der Waals surface area contributed by atoms with Crippen molar-refractivity contribution in [3.05, 3.63) is 21.1 Å². The van der Waals surface area contributed by atoms with Gasteiger partial charge >= 0.3 is 0 Å². The minimum Gasteiger partial charge on any atom is -0.490 e. The molecule has 18 heavy (non-hydrogen) atoms. The van der Waals surface area contributed by atoms with Gasteiger partial charge in [-0.3, -0.25) is 0 Å². The molecule has 0 radical (unpaired) electrons. The van der Waals surface area contributed by atoms with E-state index in [0.29, 0.717) is 26.8 Å². The molecule has 2 N–H and O–H groups in total. The van der Waals surface area contributed by atoms with Crippen LogP contribution in [0.5, 0.6) is 5.75 Å². The van der Waals surface area contributed by atoms with Crippen LogP contribution in [-0.4, -0.2) is 26.5 Å². The van der Waals surface area contributed by atoms with E-state index in [1.54, 1.807) is 12.1 Å². The summed E-state index contributed by atoms with van der Waals surface area (Å²) in [5, 5.41) is 0. The minimum atomic E-state index is -3.02. The van der Waals surface area contributed by atoms with Gasteiger partial charge in [0.25, 0.3) is 0 Å². The van der Waals surface area contributed by atoms with Crippen molar-refractivity contribution in [2.45, 2.75) is 13.3 Å². The molecule has 0 aromatic heterocycles. The lowest BCUT2D eigenvalue weighted by molar-refractivity contribution is 0.336. The van der Waals surface area contributed by atoms with Crippen LogP contribution in [0.15, 0.2) is 21.1 Å². The number of anilines is 1. The first-order valence-corrected chi connectivity index (χ1v) is 8.84. The number of rotatable bonds is 6. The third kappa shape index (κ3) is 4.78. The van der Waals surface area contributed by atoms with E-state index in [-0.39, 0.29) is 18.1 Å². The summed E-state index contributed by atoms with van der Waals surface area (Å²) >= 11 is 6.65. The highest BCUT2D eigenvalue weighted by Gasteiger charge is 2.12. The maximum atomic E-state index is 11.5. The number of benzene rings is 1. The molecule has 0 aliphatic heterocycles. The predicted octanol–water partition coefficient (Wildman–Crippen LogP) is 3.00. The predicted molar refractivity (Wildman–Crippen MR) is 80.7 cm³/mol. The molecule has 0 bridgehead atoms. The minimum absolute atomic E-state index is 0.0180. The molecule has 0 amide bonds. The van der Waals surface area contributed by atoms with E-state index in [9.17, 15) is 8.42 Å². The van der Waals surface area contributed by atoms with Crippen molar-refractivity contribution in [1.82, 2.24) is 0 Å². The fourth-order valence-corrected chi connectivity index (χ4v) is 4.02. The number of ether oxygens (including phenoxy) is 1. The van der Waals surface area contributed by atoms with Crippen molar-refractivity contribution in [2.75, 3.05) is 23.8 Å². The largest absolute Gasteiger partial charge is 0.490 e. The quantitative estimate of drug-likeness (QED) is 0.745. The van der Waals surface area contributed by atoms with Crippen molar-refractivity contribution in [3.8, 4) is 5.75 Å². The molecule has 0 spiro atoms. The normalized spacial score (nSPS) is 11.5. The van der Waals surface area contributed by atoms with E-state index in [1.165, 1.54) is 0 Å². The second-order valence-corrected chi connectivity index (χ2v) is 7.83. The van der Waals surface area contributed by atoms with E-state index in [1.807, 2.05) is 6.92 Å². The van der Waals surface area contributed by atoms with Gasteiger partial charge in [-0.05, 0) is 50.4 Å². The zero-order valence-corrected chi connectivity index (χ0v) is 13.9. The third-order valence-electron chi connectivity index (χ3n) is 2.18. The molecule has 4 nitrogen and oxygen atoms in total. The summed E-state index contributed by atoms with van der Waals surface area (Å²) in [4.78, 5) is 0. The number of hydrogen-bond acceptors (Lipinski definition) is 4. The lowest BCUT2D eigenvalue weighted by atomic mass is 10.3. The first kappa shape index (κ1) is 15.8. The number of nitrogens with two attached hydrogens (primary N) is 1. The van der Waals surface area contributed by atoms with Gasteiger partial charge in [0.15, 0.2) is 9.84 Å². The Bertz CT molecular complexity index is 494. The zero-order chi connectivity index (χ0) is 13.8. The highest BCUT2D eigenvalue weighted by Crippen LogP contribution is 2.35. The molecular weight excluding hydrogens is 386 g/mol. The second kappa shape index (κ2) is 6.77. The molecular formula is C11H15Br2NO3S. The van der Waals surface area contributed by atoms with Gasteiger partial charge in [0.2, 0.25) is 0 Å². The number of nitrogen functional groups attached to an aromatic ring is 1. The van der Waals surface area contributed by atoms with Crippen molar-refractivity contribution in [1.29, 1.82) is 0 Å². The molecule has 7 heteroatoms. The van der Waals surface area contributed by atoms with E-state index >= 15 is 0 Å². The van der Waals surface area contributed by atoms with Gasteiger partial charge in [-0.2, -0.15) is 0 Å². The van der Waals surface area contributed by atoms with E-state index in [4.69, 9.17) is 10.5 Å².